The Bertz CT molecular complexity index is 1340. The minimum Gasteiger partial charge on any atom is -0.494 e. The summed E-state index contributed by atoms with van der Waals surface area (Å²) >= 11 is 0. The molecule has 0 bridgehead atoms. The van der Waals surface area contributed by atoms with E-state index in [0.717, 1.165) is 48.3 Å². The summed E-state index contributed by atoms with van der Waals surface area (Å²) in [4.78, 5) is 19.0. The van der Waals surface area contributed by atoms with E-state index in [2.05, 4.69) is 56.6 Å². The zero-order valence-corrected chi connectivity index (χ0v) is 21.1. The highest BCUT2D eigenvalue weighted by molar-refractivity contribution is 5.80. The Labute approximate surface area is 211 Å². The van der Waals surface area contributed by atoms with Gasteiger partial charge in [-0.3, -0.25) is 9.69 Å². The molecule has 36 heavy (non-hydrogen) atoms. The molecule has 8 nitrogen and oxygen atoms in total. The van der Waals surface area contributed by atoms with Crippen LogP contribution in [0.15, 0.2) is 59.4 Å². The number of pyridine rings is 1. The van der Waals surface area contributed by atoms with Crippen molar-refractivity contribution in [1.82, 2.24) is 30.1 Å². The summed E-state index contributed by atoms with van der Waals surface area (Å²) in [5.41, 5.74) is 2.50. The molecule has 0 unspecified atom stereocenters. The van der Waals surface area contributed by atoms with E-state index in [-0.39, 0.29) is 17.6 Å². The van der Waals surface area contributed by atoms with Gasteiger partial charge >= 0.3 is 0 Å². The van der Waals surface area contributed by atoms with Crippen LogP contribution in [0.1, 0.15) is 75.0 Å². The molecule has 2 aromatic heterocycles. The molecular weight excluding hydrogens is 452 g/mol. The van der Waals surface area contributed by atoms with Gasteiger partial charge in [0.2, 0.25) is 0 Å². The zero-order valence-electron chi connectivity index (χ0n) is 21.1. The van der Waals surface area contributed by atoms with Gasteiger partial charge in [0.25, 0.3) is 5.56 Å². The summed E-state index contributed by atoms with van der Waals surface area (Å²) in [6.07, 6.45) is 5.41. The normalized spacial score (nSPS) is 15.1. The van der Waals surface area contributed by atoms with Crippen LogP contribution < -0.4 is 10.3 Å². The van der Waals surface area contributed by atoms with Crippen LogP contribution in [0.3, 0.4) is 0 Å². The summed E-state index contributed by atoms with van der Waals surface area (Å²) in [7, 11) is 0. The molecule has 0 saturated heterocycles. The lowest BCUT2D eigenvalue weighted by molar-refractivity contribution is 0.199. The SMILES string of the molecule is CCCN(Cc1ccccc1)[C@H](c1cc2cc(OCC)ccc2[nH]c1=O)c1nnnn1C1CCCC1. The molecule has 188 valence electrons. The molecule has 1 fully saturated rings. The van der Waals surface area contributed by atoms with E-state index in [0.29, 0.717) is 18.7 Å². The number of hydrogen-bond donors (Lipinski definition) is 1. The monoisotopic (exact) mass is 486 g/mol. The van der Waals surface area contributed by atoms with Crippen LogP contribution in [0, 0.1) is 0 Å². The standard InChI is InChI=1S/C28H34N6O2/c1-3-16-33(19-20-10-6-5-7-11-20)26(27-30-31-32-34(27)22-12-8-9-13-22)24-18-21-17-23(36-4-2)14-15-25(21)29-28(24)35/h5-7,10-11,14-15,17-18,22,26H,3-4,8-9,12-13,16,19H2,1-2H3,(H,29,35)/t26-/m1/s1. The van der Waals surface area contributed by atoms with Crippen molar-refractivity contribution in [3.63, 3.8) is 0 Å². The first-order valence-electron chi connectivity index (χ1n) is 13.0. The van der Waals surface area contributed by atoms with Gasteiger partial charge in [-0.15, -0.1) is 5.10 Å². The summed E-state index contributed by atoms with van der Waals surface area (Å²) in [5, 5.41) is 14.0. The van der Waals surface area contributed by atoms with Crippen molar-refractivity contribution in [3.05, 3.63) is 81.9 Å². The molecule has 2 heterocycles. The Morgan fingerprint density at radius 3 is 2.67 bits per heavy atom. The number of aromatic amines is 1. The summed E-state index contributed by atoms with van der Waals surface area (Å²) < 4.78 is 7.71. The zero-order chi connectivity index (χ0) is 24.9. The first-order chi connectivity index (χ1) is 17.7. The second kappa shape index (κ2) is 11.0. The molecule has 1 N–H and O–H groups in total. The van der Waals surface area contributed by atoms with Gasteiger partial charge in [-0.25, -0.2) is 4.68 Å². The number of rotatable bonds is 10. The quantitative estimate of drug-likeness (QED) is 0.338. The Morgan fingerprint density at radius 2 is 1.92 bits per heavy atom. The lowest BCUT2D eigenvalue weighted by Gasteiger charge is -2.31. The molecule has 5 rings (SSSR count). The molecule has 2 aromatic carbocycles. The van der Waals surface area contributed by atoms with Crippen molar-refractivity contribution in [2.24, 2.45) is 0 Å². The fraction of sp³-hybridized carbons (Fsp3) is 0.429. The maximum atomic E-state index is 13.6. The maximum absolute atomic E-state index is 13.6. The predicted molar refractivity (Wildman–Crippen MR) is 140 cm³/mol. The number of hydrogen-bond acceptors (Lipinski definition) is 6. The molecule has 8 heteroatoms. The van der Waals surface area contributed by atoms with E-state index in [1.54, 1.807) is 0 Å². The number of nitrogens with zero attached hydrogens (tertiary/aromatic N) is 5. The number of aromatic nitrogens is 5. The molecule has 1 saturated carbocycles. The first-order valence-corrected chi connectivity index (χ1v) is 13.0. The van der Waals surface area contributed by atoms with Crippen molar-refractivity contribution in [1.29, 1.82) is 0 Å². The topological polar surface area (TPSA) is 88.9 Å². The smallest absolute Gasteiger partial charge is 0.253 e. The van der Waals surface area contributed by atoms with E-state index < -0.39 is 0 Å². The number of tetrazole rings is 1. The van der Waals surface area contributed by atoms with E-state index in [9.17, 15) is 4.79 Å². The molecule has 0 radical (unpaired) electrons. The molecular formula is C28H34N6O2. The maximum Gasteiger partial charge on any atom is 0.253 e. The van der Waals surface area contributed by atoms with Gasteiger partial charge in [-0.1, -0.05) is 50.1 Å². The van der Waals surface area contributed by atoms with E-state index in [1.807, 2.05) is 41.9 Å². The Kier molecular flexibility index (Phi) is 7.41. The van der Waals surface area contributed by atoms with Crippen molar-refractivity contribution in [3.8, 4) is 5.75 Å². The first kappa shape index (κ1) is 24.2. The Balaban J connectivity index is 1.66. The van der Waals surface area contributed by atoms with Crippen molar-refractivity contribution >= 4 is 10.9 Å². The highest BCUT2D eigenvalue weighted by atomic mass is 16.5. The van der Waals surface area contributed by atoms with Gasteiger partial charge in [0.15, 0.2) is 5.82 Å². The number of H-pyrrole nitrogens is 1. The highest BCUT2D eigenvalue weighted by Gasteiger charge is 2.33. The number of benzene rings is 2. The fourth-order valence-corrected chi connectivity index (χ4v) is 5.35. The summed E-state index contributed by atoms with van der Waals surface area (Å²) in [6, 6.07) is 18.0. The summed E-state index contributed by atoms with van der Waals surface area (Å²) in [5.74, 6) is 1.52. The second-order valence-electron chi connectivity index (χ2n) is 9.51. The van der Waals surface area contributed by atoms with Crippen LogP contribution in [-0.2, 0) is 6.54 Å². The van der Waals surface area contributed by atoms with E-state index in [1.165, 1.54) is 18.4 Å². The van der Waals surface area contributed by atoms with Gasteiger partial charge in [-0.2, -0.15) is 0 Å². The second-order valence-corrected chi connectivity index (χ2v) is 9.51. The van der Waals surface area contributed by atoms with E-state index in [4.69, 9.17) is 4.74 Å². The van der Waals surface area contributed by atoms with Crippen LogP contribution in [0.4, 0.5) is 0 Å². The van der Waals surface area contributed by atoms with Gasteiger partial charge < -0.3 is 9.72 Å². The van der Waals surface area contributed by atoms with Gasteiger partial charge in [0.05, 0.1) is 12.6 Å². The fourth-order valence-electron chi connectivity index (χ4n) is 5.35. The average molecular weight is 487 g/mol. The number of nitrogens with one attached hydrogen (secondary N) is 1. The lowest BCUT2D eigenvalue weighted by atomic mass is 10.0. The third kappa shape index (κ3) is 5.04. The largest absolute Gasteiger partial charge is 0.494 e. The van der Waals surface area contributed by atoms with E-state index >= 15 is 0 Å². The van der Waals surface area contributed by atoms with Crippen molar-refractivity contribution < 1.29 is 4.74 Å². The van der Waals surface area contributed by atoms with Crippen LogP contribution in [-0.4, -0.2) is 43.2 Å². The Morgan fingerprint density at radius 1 is 1.11 bits per heavy atom. The lowest BCUT2D eigenvalue weighted by Crippen LogP contribution is -2.36. The van der Waals surface area contributed by atoms with Crippen LogP contribution in [0.2, 0.25) is 0 Å². The van der Waals surface area contributed by atoms with Gasteiger partial charge in [0, 0.05) is 23.0 Å². The van der Waals surface area contributed by atoms with Crippen LogP contribution >= 0.6 is 0 Å². The number of fused-ring (bicyclic) bond motifs is 1. The third-order valence-corrected chi connectivity index (χ3v) is 6.99. The van der Waals surface area contributed by atoms with Gasteiger partial charge in [0.1, 0.15) is 11.8 Å². The molecule has 4 aromatic rings. The summed E-state index contributed by atoms with van der Waals surface area (Å²) in [6.45, 7) is 6.20. The molecule has 0 amide bonds. The molecule has 1 aliphatic rings. The highest BCUT2D eigenvalue weighted by Crippen LogP contribution is 2.34. The Hall–Kier alpha value is -3.52. The minimum atomic E-state index is -0.385. The van der Waals surface area contributed by atoms with Gasteiger partial charge in [-0.05, 0) is 73.0 Å². The van der Waals surface area contributed by atoms with Crippen LogP contribution in [0.25, 0.3) is 10.9 Å². The number of ether oxygens (including phenoxy) is 1. The van der Waals surface area contributed by atoms with Crippen molar-refractivity contribution in [2.45, 2.75) is 64.6 Å². The molecule has 0 aliphatic heterocycles. The average Bonchev–Trinajstić information content (AvgIpc) is 3.58. The van der Waals surface area contributed by atoms with Crippen molar-refractivity contribution in [2.75, 3.05) is 13.2 Å². The molecule has 0 spiro atoms. The molecule has 1 atom stereocenters. The predicted octanol–water partition coefficient (Wildman–Crippen LogP) is 5.03. The third-order valence-electron chi connectivity index (χ3n) is 6.99. The minimum absolute atomic E-state index is 0.119. The molecule has 1 aliphatic carbocycles. The van der Waals surface area contributed by atoms with Crippen LogP contribution in [0.5, 0.6) is 5.75 Å².